The number of nitrogens with one attached hydrogen (secondary N) is 3. The van der Waals surface area contributed by atoms with Crippen molar-refractivity contribution in [3.63, 3.8) is 0 Å². The molecule has 0 saturated carbocycles. The fourth-order valence-corrected chi connectivity index (χ4v) is 3.48. The summed E-state index contributed by atoms with van der Waals surface area (Å²) in [6, 6.07) is 6.78. The molecule has 0 heterocycles. The first-order valence-corrected chi connectivity index (χ1v) is 11.0. The van der Waals surface area contributed by atoms with Crippen molar-refractivity contribution in [1.29, 1.82) is 0 Å². The second-order valence-electron chi connectivity index (χ2n) is 6.29. The van der Waals surface area contributed by atoms with Crippen LogP contribution in [0.3, 0.4) is 0 Å². The first-order chi connectivity index (χ1) is 13.0. The lowest BCUT2D eigenvalue weighted by molar-refractivity contribution is 0.204. The van der Waals surface area contributed by atoms with Crippen molar-refractivity contribution in [2.75, 3.05) is 33.4 Å². The zero-order chi connectivity index (χ0) is 20.1. The lowest BCUT2D eigenvalue weighted by Gasteiger charge is -2.16. The SMILES string of the molecule is CCNC(=NCc1ccc(S(=O)(=O)NCCOC)cc1)NCC(CC)CC.I. The van der Waals surface area contributed by atoms with Gasteiger partial charge in [-0.15, -0.1) is 24.0 Å². The van der Waals surface area contributed by atoms with E-state index in [1.807, 2.05) is 6.92 Å². The highest BCUT2D eigenvalue weighted by atomic mass is 127. The second kappa shape index (κ2) is 15.0. The van der Waals surface area contributed by atoms with Crippen molar-refractivity contribution < 1.29 is 13.2 Å². The number of sulfonamides is 1. The van der Waals surface area contributed by atoms with Gasteiger partial charge in [-0.1, -0.05) is 38.8 Å². The fourth-order valence-electron chi connectivity index (χ4n) is 2.47. The van der Waals surface area contributed by atoms with Gasteiger partial charge in [0.15, 0.2) is 5.96 Å². The minimum absolute atomic E-state index is 0. The molecule has 0 aliphatic rings. The molecule has 0 aromatic heterocycles. The van der Waals surface area contributed by atoms with E-state index in [1.54, 1.807) is 24.3 Å². The average molecular weight is 526 g/mol. The van der Waals surface area contributed by atoms with E-state index >= 15 is 0 Å². The third-order valence-corrected chi connectivity index (χ3v) is 5.79. The molecule has 7 nitrogen and oxygen atoms in total. The third kappa shape index (κ3) is 10.0. The van der Waals surface area contributed by atoms with Crippen molar-refractivity contribution >= 4 is 40.0 Å². The molecule has 0 saturated heterocycles. The number of rotatable bonds is 12. The molecule has 9 heteroatoms. The summed E-state index contributed by atoms with van der Waals surface area (Å²) < 4.78 is 31.7. The van der Waals surface area contributed by atoms with Crippen LogP contribution in [0, 0.1) is 5.92 Å². The summed E-state index contributed by atoms with van der Waals surface area (Å²) in [6.45, 7) is 9.17. The van der Waals surface area contributed by atoms with Crippen molar-refractivity contribution in [2.45, 2.75) is 45.1 Å². The van der Waals surface area contributed by atoms with Gasteiger partial charge in [-0.3, -0.25) is 0 Å². The van der Waals surface area contributed by atoms with E-state index in [2.05, 4.69) is 34.2 Å². The molecule has 162 valence electrons. The highest BCUT2D eigenvalue weighted by Gasteiger charge is 2.12. The standard InChI is InChI=1S/C19H34N4O3S.HI/c1-5-16(6-2)14-21-19(20-7-3)22-15-17-8-10-18(11-9-17)27(24,25)23-12-13-26-4;/h8-11,16,23H,5-7,12-15H2,1-4H3,(H2,20,21,22);1H. The molecule has 0 fully saturated rings. The normalized spacial score (nSPS) is 12.0. The van der Waals surface area contributed by atoms with E-state index in [0.717, 1.165) is 37.5 Å². The second-order valence-corrected chi connectivity index (χ2v) is 8.06. The van der Waals surface area contributed by atoms with Crippen LogP contribution in [0.25, 0.3) is 0 Å². The van der Waals surface area contributed by atoms with Crippen LogP contribution in [-0.2, 0) is 21.3 Å². The zero-order valence-corrected chi connectivity index (χ0v) is 20.5. The topological polar surface area (TPSA) is 91.8 Å². The van der Waals surface area contributed by atoms with Gasteiger partial charge in [-0.05, 0) is 30.5 Å². The van der Waals surface area contributed by atoms with Crippen molar-refractivity contribution in [2.24, 2.45) is 10.9 Å². The molecule has 28 heavy (non-hydrogen) atoms. The van der Waals surface area contributed by atoms with Crippen LogP contribution < -0.4 is 15.4 Å². The summed E-state index contributed by atoms with van der Waals surface area (Å²) in [5, 5.41) is 6.62. The van der Waals surface area contributed by atoms with Gasteiger partial charge in [0, 0.05) is 26.7 Å². The molecule has 3 N–H and O–H groups in total. The van der Waals surface area contributed by atoms with Crippen LogP contribution in [0.4, 0.5) is 0 Å². The highest BCUT2D eigenvalue weighted by molar-refractivity contribution is 14.0. The Morgan fingerprint density at radius 2 is 1.75 bits per heavy atom. The number of halogens is 1. The monoisotopic (exact) mass is 526 g/mol. The maximum absolute atomic E-state index is 12.2. The third-order valence-electron chi connectivity index (χ3n) is 4.31. The molecule has 0 unspecified atom stereocenters. The van der Waals surface area contributed by atoms with Gasteiger partial charge in [0.1, 0.15) is 0 Å². The number of nitrogens with zero attached hydrogens (tertiary/aromatic N) is 1. The number of benzene rings is 1. The van der Waals surface area contributed by atoms with Crippen molar-refractivity contribution in [3.8, 4) is 0 Å². The Bertz CT molecular complexity index is 662. The Hall–Kier alpha value is -0.910. The van der Waals surface area contributed by atoms with Gasteiger partial charge < -0.3 is 15.4 Å². The molecule has 0 spiro atoms. The van der Waals surface area contributed by atoms with E-state index in [4.69, 9.17) is 4.74 Å². The Balaban J connectivity index is 0.00000729. The number of guanidine groups is 1. The molecule has 1 rings (SSSR count). The Morgan fingerprint density at radius 1 is 1.11 bits per heavy atom. The minimum atomic E-state index is -3.50. The maximum atomic E-state index is 12.2. The first kappa shape index (κ1) is 27.1. The van der Waals surface area contributed by atoms with Gasteiger partial charge in [0.05, 0.1) is 18.0 Å². The van der Waals surface area contributed by atoms with E-state index in [0.29, 0.717) is 19.1 Å². The summed E-state index contributed by atoms with van der Waals surface area (Å²) in [4.78, 5) is 4.83. The van der Waals surface area contributed by atoms with Crippen LogP contribution in [0.2, 0.25) is 0 Å². The number of aliphatic imine (C=N–C) groups is 1. The van der Waals surface area contributed by atoms with Crippen LogP contribution in [0.1, 0.15) is 39.2 Å². The molecule has 0 amide bonds. The molecule has 1 aromatic carbocycles. The molecular weight excluding hydrogens is 491 g/mol. The number of hydrogen-bond donors (Lipinski definition) is 3. The molecule has 1 aromatic rings. The molecular formula is C19H35IN4O3S. The molecule has 0 atom stereocenters. The highest BCUT2D eigenvalue weighted by Crippen LogP contribution is 2.11. The Kier molecular flexibility index (Phi) is 14.5. The summed E-state index contributed by atoms with van der Waals surface area (Å²) in [5.41, 5.74) is 0.950. The maximum Gasteiger partial charge on any atom is 0.240 e. The van der Waals surface area contributed by atoms with Crippen LogP contribution in [-0.4, -0.2) is 47.7 Å². The van der Waals surface area contributed by atoms with Crippen molar-refractivity contribution in [3.05, 3.63) is 29.8 Å². The average Bonchev–Trinajstić information content (AvgIpc) is 2.67. The molecule has 0 aliphatic heterocycles. The number of ether oxygens (including phenoxy) is 1. The van der Waals surface area contributed by atoms with Crippen LogP contribution >= 0.6 is 24.0 Å². The Labute approximate surface area is 187 Å². The van der Waals surface area contributed by atoms with Crippen molar-refractivity contribution in [1.82, 2.24) is 15.4 Å². The number of methoxy groups -OCH3 is 1. The molecule has 0 aliphatic carbocycles. The zero-order valence-electron chi connectivity index (χ0n) is 17.3. The quantitative estimate of drug-likeness (QED) is 0.169. The van der Waals surface area contributed by atoms with Crippen LogP contribution in [0.5, 0.6) is 0 Å². The van der Waals surface area contributed by atoms with E-state index in [9.17, 15) is 8.42 Å². The summed E-state index contributed by atoms with van der Waals surface area (Å²) >= 11 is 0. The lowest BCUT2D eigenvalue weighted by atomic mass is 10.0. The summed E-state index contributed by atoms with van der Waals surface area (Å²) in [7, 11) is -1.97. The fraction of sp³-hybridized carbons (Fsp3) is 0.632. The van der Waals surface area contributed by atoms with Gasteiger partial charge >= 0.3 is 0 Å². The van der Waals surface area contributed by atoms with E-state index in [1.165, 1.54) is 7.11 Å². The summed E-state index contributed by atoms with van der Waals surface area (Å²) in [5.74, 6) is 1.41. The van der Waals surface area contributed by atoms with E-state index < -0.39 is 10.0 Å². The molecule has 0 bridgehead atoms. The predicted octanol–water partition coefficient (Wildman–Crippen LogP) is 2.72. The smallest absolute Gasteiger partial charge is 0.240 e. The predicted molar refractivity (Wildman–Crippen MR) is 126 cm³/mol. The van der Waals surface area contributed by atoms with Gasteiger partial charge in [-0.25, -0.2) is 18.1 Å². The van der Waals surface area contributed by atoms with Gasteiger partial charge in [-0.2, -0.15) is 0 Å². The van der Waals surface area contributed by atoms with Crippen LogP contribution in [0.15, 0.2) is 34.2 Å². The van der Waals surface area contributed by atoms with Gasteiger partial charge in [0.25, 0.3) is 0 Å². The largest absolute Gasteiger partial charge is 0.383 e. The molecule has 0 radical (unpaired) electrons. The van der Waals surface area contributed by atoms with E-state index in [-0.39, 0.29) is 35.4 Å². The Morgan fingerprint density at radius 3 is 2.29 bits per heavy atom. The lowest BCUT2D eigenvalue weighted by Crippen LogP contribution is -2.39. The number of hydrogen-bond acceptors (Lipinski definition) is 4. The van der Waals surface area contributed by atoms with Gasteiger partial charge in [0.2, 0.25) is 10.0 Å². The summed E-state index contributed by atoms with van der Waals surface area (Å²) in [6.07, 6.45) is 2.27. The minimum Gasteiger partial charge on any atom is -0.383 e. The first-order valence-electron chi connectivity index (χ1n) is 9.56.